The van der Waals surface area contributed by atoms with Crippen LogP contribution in [0.15, 0.2) is 109 Å². The zero-order valence-electron chi connectivity index (χ0n) is 25.9. The summed E-state index contributed by atoms with van der Waals surface area (Å²) in [4.78, 5) is 2.43. The first kappa shape index (κ1) is 26.5. The summed E-state index contributed by atoms with van der Waals surface area (Å²) in [6, 6.07) is 32.2. The van der Waals surface area contributed by atoms with E-state index >= 15 is 0 Å². The highest BCUT2D eigenvalue weighted by Gasteiger charge is 2.42. The van der Waals surface area contributed by atoms with E-state index in [1.54, 1.807) is 0 Å². The van der Waals surface area contributed by atoms with Crippen molar-refractivity contribution in [3.63, 3.8) is 0 Å². The first-order chi connectivity index (χ1) is 20.1. The van der Waals surface area contributed by atoms with Crippen LogP contribution < -0.4 is 4.90 Å². The van der Waals surface area contributed by atoms with Crippen LogP contribution in [0, 0.1) is 13.8 Å². The van der Waals surface area contributed by atoms with Gasteiger partial charge in [0.15, 0.2) is 0 Å². The van der Waals surface area contributed by atoms with E-state index in [0.717, 1.165) is 5.70 Å². The number of anilines is 2. The van der Waals surface area contributed by atoms with Crippen molar-refractivity contribution in [2.75, 3.05) is 4.90 Å². The molecule has 2 aliphatic rings. The highest BCUT2D eigenvalue weighted by atomic mass is 15.1. The van der Waals surface area contributed by atoms with Gasteiger partial charge in [-0.25, -0.2) is 0 Å². The van der Waals surface area contributed by atoms with E-state index in [4.69, 9.17) is 0 Å². The molecule has 0 aliphatic heterocycles. The Bertz CT molecular complexity index is 1980. The average molecular weight is 546 g/mol. The van der Waals surface area contributed by atoms with Gasteiger partial charge in [-0.15, -0.1) is 0 Å². The van der Waals surface area contributed by atoms with Crippen molar-refractivity contribution < 1.29 is 0 Å². The monoisotopic (exact) mass is 545 g/mol. The summed E-state index contributed by atoms with van der Waals surface area (Å²) in [5.41, 5.74) is 17.1. The van der Waals surface area contributed by atoms with Crippen LogP contribution in [-0.2, 0) is 10.8 Å². The molecule has 7 rings (SSSR count). The molecular weight excluding hydrogens is 506 g/mol. The largest absolute Gasteiger partial charge is 0.314 e. The van der Waals surface area contributed by atoms with Gasteiger partial charge in [-0.05, 0) is 107 Å². The van der Waals surface area contributed by atoms with Crippen LogP contribution >= 0.6 is 0 Å². The van der Waals surface area contributed by atoms with Gasteiger partial charge in [-0.1, -0.05) is 107 Å². The fourth-order valence-corrected chi connectivity index (χ4v) is 7.75. The quantitative estimate of drug-likeness (QED) is 0.203. The van der Waals surface area contributed by atoms with Crippen LogP contribution in [0.25, 0.3) is 33.0 Å². The van der Waals surface area contributed by atoms with Gasteiger partial charge >= 0.3 is 0 Å². The van der Waals surface area contributed by atoms with E-state index < -0.39 is 0 Å². The molecule has 0 bridgehead atoms. The number of fused-ring (bicyclic) bond motifs is 8. The predicted molar refractivity (Wildman–Crippen MR) is 181 cm³/mol. The highest BCUT2D eigenvalue weighted by molar-refractivity contribution is 6.10. The highest BCUT2D eigenvalue weighted by Crippen LogP contribution is 2.58. The number of hydrogen-bond donors (Lipinski definition) is 0. The number of aryl methyl sites for hydroxylation is 2. The van der Waals surface area contributed by atoms with Crippen LogP contribution in [0.4, 0.5) is 11.4 Å². The summed E-state index contributed by atoms with van der Waals surface area (Å²) in [6.07, 6.45) is 4.01. The minimum Gasteiger partial charge on any atom is -0.314 e. The summed E-state index contributed by atoms with van der Waals surface area (Å²) < 4.78 is 0. The molecule has 208 valence electrons. The lowest BCUT2D eigenvalue weighted by Gasteiger charge is -2.31. The summed E-state index contributed by atoms with van der Waals surface area (Å²) in [6.45, 7) is 20.2. The lowest BCUT2D eigenvalue weighted by Crippen LogP contribution is -2.19. The van der Waals surface area contributed by atoms with Gasteiger partial charge in [-0.3, -0.25) is 0 Å². The lowest BCUT2D eigenvalue weighted by atomic mass is 9.79. The number of rotatable bonds is 4. The Hall–Kier alpha value is -4.36. The SMILES string of the molecule is C=C/C=C(\C)N(c1ccc(C)cc1C)c1cc2c(c3ccccc13)-c1cc3c(cc1C2(C)C)-c1ccccc1C3(C)C. The molecule has 1 nitrogen and oxygen atoms in total. The second kappa shape index (κ2) is 9.07. The van der Waals surface area contributed by atoms with Gasteiger partial charge in [-0.2, -0.15) is 0 Å². The standard InChI is InChI=1S/C41H39N/c1-9-14-27(4)42(37-20-19-25(2)21-26(37)3)38-24-36-39(30-17-11-10-16-29(30)38)32-23-34-31(22-35(32)41(36,7)8)28-15-12-13-18-33(28)40(34,5)6/h9-24H,1H2,2-8H3/b27-14+. The van der Waals surface area contributed by atoms with Crippen LogP contribution in [0.5, 0.6) is 0 Å². The van der Waals surface area contributed by atoms with Crippen LogP contribution in [0.3, 0.4) is 0 Å². The molecule has 0 saturated carbocycles. The summed E-state index contributed by atoms with van der Waals surface area (Å²) in [5.74, 6) is 0. The fraction of sp³-hybridized carbons (Fsp3) is 0.220. The average Bonchev–Trinajstić information content (AvgIpc) is 3.33. The van der Waals surface area contributed by atoms with Crippen molar-refractivity contribution in [3.8, 4) is 22.3 Å². The Balaban J connectivity index is 1.54. The van der Waals surface area contributed by atoms with Gasteiger partial charge in [0.25, 0.3) is 0 Å². The Morgan fingerprint density at radius 2 is 1.29 bits per heavy atom. The van der Waals surface area contributed by atoms with Crippen molar-refractivity contribution in [1.29, 1.82) is 0 Å². The van der Waals surface area contributed by atoms with Gasteiger partial charge in [0, 0.05) is 27.6 Å². The van der Waals surface area contributed by atoms with Crippen molar-refractivity contribution in [2.45, 2.75) is 59.3 Å². The Morgan fingerprint density at radius 1 is 0.643 bits per heavy atom. The maximum atomic E-state index is 4.03. The van der Waals surface area contributed by atoms with E-state index in [1.165, 1.54) is 77.8 Å². The van der Waals surface area contributed by atoms with E-state index in [1.807, 2.05) is 6.08 Å². The van der Waals surface area contributed by atoms with Gasteiger partial charge in [0.05, 0.1) is 5.69 Å². The minimum atomic E-state index is -0.149. The third kappa shape index (κ3) is 3.56. The van der Waals surface area contributed by atoms with Crippen molar-refractivity contribution in [3.05, 3.63) is 143 Å². The molecule has 0 atom stereocenters. The van der Waals surface area contributed by atoms with Crippen molar-refractivity contribution >= 4 is 22.1 Å². The smallest absolute Gasteiger partial charge is 0.0540 e. The lowest BCUT2D eigenvalue weighted by molar-refractivity contribution is 0.652. The molecule has 42 heavy (non-hydrogen) atoms. The molecule has 0 unspecified atom stereocenters. The van der Waals surface area contributed by atoms with Gasteiger partial charge in [0.2, 0.25) is 0 Å². The van der Waals surface area contributed by atoms with E-state index in [0.29, 0.717) is 0 Å². The Kier molecular flexibility index (Phi) is 5.73. The minimum absolute atomic E-state index is 0.0318. The zero-order valence-corrected chi connectivity index (χ0v) is 25.9. The molecule has 0 fully saturated rings. The second-order valence-electron chi connectivity index (χ2n) is 13.3. The Morgan fingerprint density at radius 3 is 2.02 bits per heavy atom. The third-order valence-electron chi connectivity index (χ3n) is 9.91. The van der Waals surface area contributed by atoms with Crippen LogP contribution in [0.2, 0.25) is 0 Å². The maximum absolute atomic E-state index is 4.03. The fourth-order valence-electron chi connectivity index (χ4n) is 7.75. The van der Waals surface area contributed by atoms with Crippen LogP contribution in [-0.4, -0.2) is 0 Å². The second-order valence-corrected chi connectivity index (χ2v) is 13.3. The summed E-state index contributed by atoms with van der Waals surface area (Å²) >= 11 is 0. The van der Waals surface area contributed by atoms with Gasteiger partial charge in [0.1, 0.15) is 0 Å². The first-order valence-corrected chi connectivity index (χ1v) is 15.1. The molecule has 5 aromatic rings. The first-order valence-electron chi connectivity index (χ1n) is 15.1. The molecule has 1 heteroatoms. The molecular formula is C41H39N. The van der Waals surface area contributed by atoms with Crippen LogP contribution in [0.1, 0.15) is 68.0 Å². The number of allylic oxidation sites excluding steroid dienone is 3. The Labute approximate surface area is 250 Å². The zero-order chi connectivity index (χ0) is 29.6. The molecule has 0 aromatic heterocycles. The van der Waals surface area contributed by atoms with Crippen molar-refractivity contribution in [1.82, 2.24) is 0 Å². The number of hydrogen-bond acceptors (Lipinski definition) is 1. The molecule has 0 N–H and O–H groups in total. The summed E-state index contributed by atoms with van der Waals surface area (Å²) in [5, 5.41) is 2.57. The predicted octanol–water partition coefficient (Wildman–Crippen LogP) is 11.3. The molecule has 0 spiro atoms. The molecule has 0 heterocycles. The van der Waals surface area contributed by atoms with Gasteiger partial charge < -0.3 is 4.90 Å². The number of benzene rings is 5. The van der Waals surface area contributed by atoms with E-state index in [-0.39, 0.29) is 10.8 Å². The topological polar surface area (TPSA) is 3.24 Å². The van der Waals surface area contributed by atoms with E-state index in [2.05, 4.69) is 151 Å². The van der Waals surface area contributed by atoms with Crippen molar-refractivity contribution in [2.24, 2.45) is 0 Å². The molecule has 2 aliphatic carbocycles. The maximum Gasteiger partial charge on any atom is 0.0540 e. The number of nitrogens with zero attached hydrogens (tertiary/aromatic N) is 1. The molecule has 0 saturated heterocycles. The summed E-state index contributed by atoms with van der Waals surface area (Å²) in [7, 11) is 0. The normalized spacial score (nSPS) is 15.6. The van der Waals surface area contributed by atoms with E-state index in [9.17, 15) is 0 Å². The molecule has 0 radical (unpaired) electrons. The molecule has 5 aromatic carbocycles. The third-order valence-corrected chi connectivity index (χ3v) is 9.91. The molecule has 0 amide bonds.